The number of amides is 1. The molecule has 0 radical (unpaired) electrons. The van der Waals surface area contributed by atoms with Crippen molar-refractivity contribution in [3.05, 3.63) is 70.1 Å². The molecule has 2 aromatic carbocycles. The van der Waals surface area contributed by atoms with E-state index in [-0.39, 0.29) is 0 Å². The van der Waals surface area contributed by atoms with Gasteiger partial charge < -0.3 is 10.1 Å². The van der Waals surface area contributed by atoms with Crippen LogP contribution in [0.25, 0.3) is 6.08 Å². The van der Waals surface area contributed by atoms with E-state index in [1.165, 1.54) is 6.08 Å². The number of ether oxygens (including phenoxy) is 1. The molecule has 0 saturated carbocycles. The largest absolute Gasteiger partial charge is 0.455 e. The van der Waals surface area contributed by atoms with Gasteiger partial charge in [-0.3, -0.25) is 9.59 Å². The summed E-state index contributed by atoms with van der Waals surface area (Å²) in [5, 5.41) is 3.63. The second-order valence-corrected chi connectivity index (χ2v) is 8.19. The highest BCUT2D eigenvalue weighted by Gasteiger charge is 2.12. The topological polar surface area (TPSA) is 102 Å². The molecule has 0 aliphatic heterocycles. The van der Waals surface area contributed by atoms with Crippen LogP contribution >= 0.6 is 0 Å². The van der Waals surface area contributed by atoms with E-state index in [9.17, 15) is 18.0 Å². The fraction of sp³-hybridized carbons (Fsp3) is 0.238. The van der Waals surface area contributed by atoms with Crippen LogP contribution < -0.4 is 10.0 Å². The summed E-state index contributed by atoms with van der Waals surface area (Å²) in [5.74, 6) is -1.36. The minimum atomic E-state index is -3.81. The number of benzene rings is 2. The molecule has 0 bridgehead atoms. The molecule has 29 heavy (non-hydrogen) atoms. The third-order valence-corrected chi connectivity index (χ3v) is 5.22. The average Bonchev–Trinajstić information content (AvgIpc) is 2.68. The first-order valence-corrected chi connectivity index (χ1v) is 10.5. The van der Waals surface area contributed by atoms with Crippen LogP contribution in [0, 0.1) is 20.8 Å². The van der Waals surface area contributed by atoms with E-state index in [1.807, 2.05) is 45.0 Å². The van der Waals surface area contributed by atoms with E-state index < -0.39 is 35.1 Å². The van der Waals surface area contributed by atoms with Gasteiger partial charge in [-0.05, 0) is 49.6 Å². The molecule has 2 aromatic rings. The van der Waals surface area contributed by atoms with Crippen molar-refractivity contribution in [3.8, 4) is 0 Å². The summed E-state index contributed by atoms with van der Waals surface area (Å²) in [6.07, 6.45) is 1.42. The zero-order valence-electron chi connectivity index (χ0n) is 16.6. The first-order chi connectivity index (χ1) is 13.7. The molecule has 0 aliphatic rings. The number of sulfonamides is 1. The normalized spacial score (nSPS) is 11.4. The fourth-order valence-corrected chi connectivity index (χ4v) is 3.07. The highest BCUT2D eigenvalue weighted by atomic mass is 32.2. The number of rotatable bonds is 8. The molecule has 154 valence electrons. The minimum Gasteiger partial charge on any atom is -0.455 e. The van der Waals surface area contributed by atoms with Crippen molar-refractivity contribution < 1.29 is 22.7 Å². The van der Waals surface area contributed by atoms with Crippen LogP contribution in [-0.4, -0.2) is 33.4 Å². The van der Waals surface area contributed by atoms with E-state index in [4.69, 9.17) is 4.74 Å². The van der Waals surface area contributed by atoms with Gasteiger partial charge in [0.05, 0.1) is 0 Å². The second-order valence-electron chi connectivity index (χ2n) is 6.54. The molecule has 0 aromatic heterocycles. The predicted molar refractivity (Wildman–Crippen MR) is 113 cm³/mol. The molecular weight excluding hydrogens is 392 g/mol. The lowest BCUT2D eigenvalue weighted by Crippen LogP contribution is -2.31. The lowest BCUT2D eigenvalue weighted by molar-refractivity contribution is -0.146. The van der Waals surface area contributed by atoms with Crippen LogP contribution in [0.5, 0.6) is 0 Å². The van der Waals surface area contributed by atoms with E-state index >= 15 is 0 Å². The molecule has 2 N–H and O–H groups in total. The number of nitrogens with one attached hydrogen (secondary N) is 2. The SMILES string of the molecule is Cc1ccc(/C=C/S(=O)(=O)NCC(=O)OCC(=O)Nc2cccc(C)c2C)cc1. The van der Waals surface area contributed by atoms with Gasteiger partial charge in [0.15, 0.2) is 6.61 Å². The number of carbonyl (C=O) groups is 2. The summed E-state index contributed by atoms with van der Waals surface area (Å²) in [5.41, 5.74) is 4.35. The lowest BCUT2D eigenvalue weighted by Gasteiger charge is -2.10. The van der Waals surface area contributed by atoms with Crippen LogP contribution in [0.4, 0.5) is 5.69 Å². The number of carbonyl (C=O) groups excluding carboxylic acids is 2. The number of esters is 1. The van der Waals surface area contributed by atoms with Crippen molar-refractivity contribution in [1.29, 1.82) is 0 Å². The molecule has 0 aliphatic carbocycles. The van der Waals surface area contributed by atoms with Crippen LogP contribution in [-0.2, 0) is 24.3 Å². The van der Waals surface area contributed by atoms with Crippen LogP contribution in [0.2, 0.25) is 0 Å². The van der Waals surface area contributed by atoms with Crippen molar-refractivity contribution in [2.45, 2.75) is 20.8 Å². The molecule has 0 saturated heterocycles. The van der Waals surface area contributed by atoms with Gasteiger partial charge >= 0.3 is 5.97 Å². The molecule has 7 nitrogen and oxygen atoms in total. The molecule has 0 heterocycles. The quantitative estimate of drug-likeness (QED) is 0.644. The maximum absolute atomic E-state index is 11.9. The number of aryl methyl sites for hydroxylation is 2. The van der Waals surface area contributed by atoms with E-state index in [0.29, 0.717) is 11.3 Å². The summed E-state index contributed by atoms with van der Waals surface area (Å²) >= 11 is 0. The van der Waals surface area contributed by atoms with Gasteiger partial charge in [-0.15, -0.1) is 0 Å². The molecule has 8 heteroatoms. The molecule has 0 spiro atoms. The zero-order chi connectivity index (χ0) is 21.4. The maximum atomic E-state index is 11.9. The van der Waals surface area contributed by atoms with E-state index in [2.05, 4.69) is 10.0 Å². The van der Waals surface area contributed by atoms with Crippen molar-refractivity contribution in [3.63, 3.8) is 0 Å². The highest BCUT2D eigenvalue weighted by molar-refractivity contribution is 7.92. The predicted octanol–water partition coefficient (Wildman–Crippen LogP) is 2.68. The summed E-state index contributed by atoms with van der Waals surface area (Å²) < 4.78 is 30.8. The highest BCUT2D eigenvalue weighted by Crippen LogP contribution is 2.17. The van der Waals surface area contributed by atoms with Gasteiger partial charge in [-0.2, -0.15) is 0 Å². The Labute approximate surface area is 170 Å². The summed E-state index contributed by atoms with van der Waals surface area (Å²) in [7, 11) is -3.81. The minimum absolute atomic E-state index is 0.505. The monoisotopic (exact) mass is 416 g/mol. The van der Waals surface area contributed by atoms with Gasteiger partial charge in [0.2, 0.25) is 10.0 Å². The first kappa shape index (κ1) is 22.3. The number of hydrogen-bond donors (Lipinski definition) is 2. The zero-order valence-corrected chi connectivity index (χ0v) is 17.4. The van der Waals surface area contributed by atoms with Crippen molar-refractivity contribution in [2.24, 2.45) is 0 Å². The Morgan fingerprint density at radius 1 is 1.03 bits per heavy atom. The average molecular weight is 416 g/mol. The fourth-order valence-electron chi connectivity index (χ4n) is 2.32. The molecular formula is C21H24N2O5S. The van der Waals surface area contributed by atoms with Crippen molar-refractivity contribution in [1.82, 2.24) is 4.72 Å². The smallest absolute Gasteiger partial charge is 0.321 e. The summed E-state index contributed by atoms with van der Waals surface area (Å²) in [6, 6.07) is 12.8. The Balaban J connectivity index is 1.79. The van der Waals surface area contributed by atoms with Crippen LogP contribution in [0.15, 0.2) is 47.9 Å². The van der Waals surface area contributed by atoms with Gasteiger partial charge in [0, 0.05) is 11.1 Å². The van der Waals surface area contributed by atoms with Crippen LogP contribution in [0.3, 0.4) is 0 Å². The Bertz CT molecular complexity index is 1010. The Morgan fingerprint density at radius 2 is 1.72 bits per heavy atom. The lowest BCUT2D eigenvalue weighted by atomic mass is 10.1. The number of hydrogen-bond acceptors (Lipinski definition) is 5. The van der Waals surface area contributed by atoms with E-state index in [1.54, 1.807) is 18.2 Å². The molecule has 2 rings (SSSR count). The number of anilines is 1. The molecule has 0 unspecified atom stereocenters. The first-order valence-electron chi connectivity index (χ1n) is 8.92. The molecule has 0 fully saturated rings. The third-order valence-electron chi connectivity index (χ3n) is 4.18. The summed E-state index contributed by atoms with van der Waals surface area (Å²) in [6.45, 7) is 4.64. The van der Waals surface area contributed by atoms with E-state index in [0.717, 1.165) is 22.1 Å². The molecule has 0 atom stereocenters. The Morgan fingerprint density at radius 3 is 2.41 bits per heavy atom. The Hall–Kier alpha value is -2.97. The van der Waals surface area contributed by atoms with Crippen LogP contribution in [0.1, 0.15) is 22.3 Å². The Kier molecular flexibility index (Phi) is 7.69. The second kappa shape index (κ2) is 9.99. The molecule has 1 amide bonds. The summed E-state index contributed by atoms with van der Waals surface area (Å²) in [4.78, 5) is 23.7. The maximum Gasteiger partial charge on any atom is 0.321 e. The van der Waals surface area contributed by atoms with Gasteiger partial charge in [0.25, 0.3) is 5.91 Å². The van der Waals surface area contributed by atoms with Gasteiger partial charge in [0.1, 0.15) is 6.54 Å². The van der Waals surface area contributed by atoms with Crippen molar-refractivity contribution >= 4 is 33.7 Å². The van der Waals surface area contributed by atoms with Crippen molar-refractivity contribution in [2.75, 3.05) is 18.5 Å². The third kappa shape index (κ3) is 7.52. The van der Waals surface area contributed by atoms with Gasteiger partial charge in [-0.1, -0.05) is 42.0 Å². The van der Waals surface area contributed by atoms with Gasteiger partial charge in [-0.25, -0.2) is 13.1 Å². The standard InChI is InChI=1S/C21H24N2O5S/c1-15-7-9-18(10-8-15)11-12-29(26,27)22-13-21(25)28-14-20(24)23-19-6-4-5-16(2)17(19)3/h4-12,22H,13-14H2,1-3H3,(H,23,24)/b12-11+.